The Morgan fingerprint density at radius 3 is 3.04 bits per heavy atom. The lowest BCUT2D eigenvalue weighted by atomic mass is 10.1. The molecule has 0 bridgehead atoms. The summed E-state index contributed by atoms with van der Waals surface area (Å²) < 4.78 is 19.3. The largest absolute Gasteiger partial charge is 0.441 e. The minimum Gasteiger partial charge on any atom is -0.441 e. The molecule has 2 aromatic rings. The molecule has 5 nitrogen and oxygen atoms in total. The minimum absolute atomic E-state index is 0.0609. The van der Waals surface area contributed by atoms with Gasteiger partial charge in [-0.2, -0.15) is 0 Å². The van der Waals surface area contributed by atoms with Gasteiger partial charge in [-0.3, -0.25) is 4.79 Å². The highest BCUT2D eigenvalue weighted by atomic mass is 19.1. The van der Waals surface area contributed by atoms with Crippen LogP contribution in [0.4, 0.5) is 4.39 Å². The van der Waals surface area contributed by atoms with E-state index in [4.69, 9.17) is 10.2 Å². The lowest BCUT2D eigenvalue weighted by molar-refractivity contribution is -0.132. The molecule has 122 valence electrons. The number of aromatic nitrogens is 1. The summed E-state index contributed by atoms with van der Waals surface area (Å²) in [4.78, 5) is 18.1. The number of carbonyl (C=O) groups excluding carboxylic acids is 1. The van der Waals surface area contributed by atoms with E-state index >= 15 is 0 Å². The smallest absolute Gasteiger partial charge is 0.223 e. The van der Waals surface area contributed by atoms with Crippen LogP contribution in [-0.4, -0.2) is 34.9 Å². The van der Waals surface area contributed by atoms with Crippen molar-refractivity contribution in [1.82, 2.24) is 9.88 Å². The maximum atomic E-state index is 13.7. The second-order valence-corrected chi connectivity index (χ2v) is 5.84. The number of aryl methyl sites for hydroxylation is 1. The van der Waals surface area contributed by atoms with Crippen molar-refractivity contribution in [2.24, 2.45) is 5.73 Å². The van der Waals surface area contributed by atoms with E-state index < -0.39 is 0 Å². The number of rotatable bonds is 4. The van der Waals surface area contributed by atoms with Crippen LogP contribution in [0.1, 0.15) is 25.2 Å². The number of carbonyl (C=O) groups is 1. The number of nitrogens with two attached hydrogens (primary N) is 1. The average molecular weight is 317 g/mol. The highest BCUT2D eigenvalue weighted by Crippen LogP contribution is 2.23. The van der Waals surface area contributed by atoms with Gasteiger partial charge in [0.15, 0.2) is 11.7 Å². The van der Waals surface area contributed by atoms with Crippen LogP contribution in [0, 0.1) is 5.82 Å². The van der Waals surface area contributed by atoms with Crippen molar-refractivity contribution in [3.05, 3.63) is 42.2 Å². The minimum atomic E-state index is -0.353. The molecule has 0 radical (unpaired) electrons. The molecule has 1 saturated heterocycles. The van der Waals surface area contributed by atoms with Gasteiger partial charge >= 0.3 is 0 Å². The van der Waals surface area contributed by atoms with Gasteiger partial charge in [-0.1, -0.05) is 12.1 Å². The number of nitrogens with zero attached hydrogens (tertiary/aromatic N) is 2. The number of benzene rings is 1. The number of piperidine rings is 1. The number of likely N-dealkylation sites (tertiary alicyclic amines) is 1. The molecule has 1 aliphatic rings. The number of hydrogen-bond acceptors (Lipinski definition) is 4. The first kappa shape index (κ1) is 15.7. The number of amides is 1. The lowest BCUT2D eigenvalue weighted by Gasteiger charge is -2.30. The summed E-state index contributed by atoms with van der Waals surface area (Å²) in [5.41, 5.74) is 6.27. The van der Waals surface area contributed by atoms with E-state index in [0.717, 1.165) is 19.4 Å². The fraction of sp³-hybridized carbons (Fsp3) is 0.412. The molecule has 23 heavy (non-hydrogen) atoms. The zero-order valence-corrected chi connectivity index (χ0v) is 12.9. The van der Waals surface area contributed by atoms with Gasteiger partial charge in [0.2, 0.25) is 5.91 Å². The van der Waals surface area contributed by atoms with E-state index in [0.29, 0.717) is 36.6 Å². The highest BCUT2D eigenvalue weighted by Gasteiger charge is 2.21. The third-order valence-corrected chi connectivity index (χ3v) is 4.06. The van der Waals surface area contributed by atoms with Crippen molar-refractivity contribution in [2.75, 3.05) is 13.1 Å². The number of hydrogen-bond donors (Lipinski definition) is 1. The van der Waals surface area contributed by atoms with Crippen molar-refractivity contribution >= 4 is 5.91 Å². The molecule has 3 rings (SSSR count). The van der Waals surface area contributed by atoms with Gasteiger partial charge in [0.25, 0.3) is 0 Å². The first-order valence-electron chi connectivity index (χ1n) is 7.86. The van der Waals surface area contributed by atoms with Crippen LogP contribution >= 0.6 is 0 Å². The van der Waals surface area contributed by atoms with Gasteiger partial charge in [-0.25, -0.2) is 9.37 Å². The molecule has 0 saturated carbocycles. The van der Waals surface area contributed by atoms with E-state index in [1.807, 2.05) is 0 Å². The van der Waals surface area contributed by atoms with Crippen molar-refractivity contribution in [3.63, 3.8) is 0 Å². The van der Waals surface area contributed by atoms with Crippen LogP contribution in [0.3, 0.4) is 0 Å². The van der Waals surface area contributed by atoms with Crippen LogP contribution in [0.15, 0.2) is 34.9 Å². The fourth-order valence-corrected chi connectivity index (χ4v) is 2.82. The predicted octanol–water partition coefficient (Wildman–Crippen LogP) is 2.36. The van der Waals surface area contributed by atoms with Crippen LogP contribution < -0.4 is 5.73 Å². The second-order valence-electron chi connectivity index (χ2n) is 5.84. The third-order valence-electron chi connectivity index (χ3n) is 4.06. The zero-order chi connectivity index (χ0) is 16.2. The summed E-state index contributed by atoms with van der Waals surface area (Å²) in [6, 6.07) is 6.45. The third kappa shape index (κ3) is 3.76. The maximum absolute atomic E-state index is 13.7. The van der Waals surface area contributed by atoms with Gasteiger partial charge in [0.1, 0.15) is 5.82 Å². The molecule has 1 aromatic carbocycles. The van der Waals surface area contributed by atoms with Crippen LogP contribution in [0.5, 0.6) is 0 Å². The first-order valence-corrected chi connectivity index (χ1v) is 7.86. The molecule has 0 aliphatic carbocycles. The molecule has 1 fully saturated rings. The van der Waals surface area contributed by atoms with Crippen LogP contribution in [0.2, 0.25) is 0 Å². The Hall–Kier alpha value is -2.21. The van der Waals surface area contributed by atoms with Gasteiger partial charge < -0.3 is 15.1 Å². The molecule has 1 atom stereocenters. The molecule has 1 amide bonds. The molecule has 1 unspecified atom stereocenters. The quantitative estimate of drug-likeness (QED) is 0.939. The zero-order valence-electron chi connectivity index (χ0n) is 12.9. The van der Waals surface area contributed by atoms with Gasteiger partial charge in [0.05, 0.1) is 11.8 Å². The van der Waals surface area contributed by atoms with E-state index in [2.05, 4.69) is 4.98 Å². The molecule has 6 heteroatoms. The Labute approximate surface area is 134 Å². The van der Waals surface area contributed by atoms with Gasteiger partial charge in [0, 0.05) is 32.0 Å². The Morgan fingerprint density at radius 2 is 2.26 bits per heavy atom. The SMILES string of the molecule is NC1CCCN(C(=O)CCc2ncc(-c3ccccc3F)o2)C1. The first-order chi connectivity index (χ1) is 11.1. The Kier molecular flexibility index (Phi) is 4.71. The van der Waals surface area contributed by atoms with Crippen LogP contribution in [0.25, 0.3) is 11.3 Å². The highest BCUT2D eigenvalue weighted by molar-refractivity contribution is 5.76. The van der Waals surface area contributed by atoms with E-state index in [-0.39, 0.29) is 17.8 Å². The van der Waals surface area contributed by atoms with E-state index in [1.54, 1.807) is 23.1 Å². The predicted molar refractivity (Wildman–Crippen MR) is 84.0 cm³/mol. The number of oxazole rings is 1. The second kappa shape index (κ2) is 6.91. The van der Waals surface area contributed by atoms with Crippen molar-refractivity contribution in [1.29, 1.82) is 0 Å². The monoisotopic (exact) mass is 317 g/mol. The Bertz CT molecular complexity index is 686. The Morgan fingerprint density at radius 1 is 1.43 bits per heavy atom. The average Bonchev–Trinajstić information content (AvgIpc) is 3.02. The normalized spacial score (nSPS) is 18.2. The summed E-state index contributed by atoms with van der Waals surface area (Å²) >= 11 is 0. The molecule has 1 aromatic heterocycles. The lowest BCUT2D eigenvalue weighted by Crippen LogP contribution is -2.45. The van der Waals surface area contributed by atoms with Gasteiger partial charge in [-0.05, 0) is 25.0 Å². The van der Waals surface area contributed by atoms with Crippen molar-refractivity contribution < 1.29 is 13.6 Å². The summed E-state index contributed by atoms with van der Waals surface area (Å²) in [5, 5.41) is 0. The van der Waals surface area contributed by atoms with Gasteiger partial charge in [-0.15, -0.1) is 0 Å². The molecular formula is C17H20FN3O2. The molecule has 2 heterocycles. The van der Waals surface area contributed by atoms with Crippen molar-refractivity contribution in [2.45, 2.75) is 31.7 Å². The maximum Gasteiger partial charge on any atom is 0.223 e. The van der Waals surface area contributed by atoms with Crippen LogP contribution in [-0.2, 0) is 11.2 Å². The number of halogens is 1. The molecular weight excluding hydrogens is 297 g/mol. The Balaban J connectivity index is 1.59. The topological polar surface area (TPSA) is 72.4 Å². The summed E-state index contributed by atoms with van der Waals surface area (Å²) in [6.07, 6.45) is 4.14. The molecule has 1 aliphatic heterocycles. The summed E-state index contributed by atoms with van der Waals surface area (Å²) in [6.45, 7) is 1.38. The molecule has 2 N–H and O–H groups in total. The fourth-order valence-electron chi connectivity index (χ4n) is 2.82. The summed E-state index contributed by atoms with van der Waals surface area (Å²) in [7, 11) is 0. The van der Waals surface area contributed by atoms with E-state index in [1.165, 1.54) is 12.3 Å². The molecule has 0 spiro atoms. The standard InChI is InChI=1S/C17H20FN3O2/c18-14-6-2-1-5-13(14)15-10-20-16(23-15)7-8-17(22)21-9-3-4-12(19)11-21/h1-2,5-6,10,12H,3-4,7-9,11,19H2. The summed E-state index contributed by atoms with van der Waals surface area (Å²) in [5.74, 6) is 0.530. The van der Waals surface area contributed by atoms with Crippen molar-refractivity contribution in [3.8, 4) is 11.3 Å². The van der Waals surface area contributed by atoms with E-state index in [9.17, 15) is 9.18 Å².